The van der Waals surface area contributed by atoms with E-state index in [0.717, 1.165) is 12.1 Å². The van der Waals surface area contributed by atoms with Crippen molar-refractivity contribution in [3.8, 4) is 0 Å². The highest BCUT2D eigenvalue weighted by molar-refractivity contribution is 5.86. The van der Waals surface area contributed by atoms with Gasteiger partial charge in [0.15, 0.2) is 0 Å². The highest BCUT2D eigenvalue weighted by Gasteiger charge is 2.52. The summed E-state index contributed by atoms with van der Waals surface area (Å²) < 4.78 is 57.0. The van der Waals surface area contributed by atoms with Crippen molar-refractivity contribution in [1.82, 2.24) is 4.90 Å². The van der Waals surface area contributed by atoms with E-state index in [4.69, 9.17) is 4.74 Å². The van der Waals surface area contributed by atoms with E-state index in [1.54, 1.807) is 0 Å². The van der Waals surface area contributed by atoms with Crippen LogP contribution in [0.25, 0.3) is 0 Å². The molecule has 0 spiro atoms. The number of methoxy groups -OCH3 is 1. The Kier molecular flexibility index (Phi) is 4.79. The van der Waals surface area contributed by atoms with Gasteiger partial charge in [0, 0.05) is 13.7 Å². The van der Waals surface area contributed by atoms with Crippen LogP contribution < -0.4 is 0 Å². The maximum absolute atomic E-state index is 14.0. The number of ether oxygens (including phenoxy) is 1. The number of nitrogens with zero attached hydrogens (tertiary/aromatic N) is 1. The van der Waals surface area contributed by atoms with Crippen molar-refractivity contribution >= 4 is 5.91 Å². The first-order valence-electron chi connectivity index (χ1n) is 8.37. The van der Waals surface area contributed by atoms with Crippen LogP contribution >= 0.6 is 0 Å². The molecule has 1 aromatic rings. The zero-order valence-corrected chi connectivity index (χ0v) is 14.0. The van der Waals surface area contributed by atoms with Gasteiger partial charge in [-0.3, -0.25) is 4.79 Å². The van der Waals surface area contributed by atoms with Crippen LogP contribution in [-0.2, 0) is 22.1 Å². The first kappa shape index (κ1) is 18.2. The fraction of sp³-hybridized carbons (Fsp3) is 0.611. The van der Waals surface area contributed by atoms with E-state index in [-0.39, 0.29) is 12.5 Å². The summed E-state index contributed by atoms with van der Waals surface area (Å²) in [5.41, 5.74) is -0.587. The van der Waals surface area contributed by atoms with Crippen LogP contribution in [0.5, 0.6) is 0 Å². The predicted molar refractivity (Wildman–Crippen MR) is 83.7 cm³/mol. The van der Waals surface area contributed by atoms with Crippen molar-refractivity contribution in [2.75, 3.05) is 20.2 Å². The van der Waals surface area contributed by atoms with Gasteiger partial charge >= 0.3 is 6.18 Å². The van der Waals surface area contributed by atoms with E-state index in [2.05, 4.69) is 0 Å². The molecule has 0 bridgehead atoms. The zero-order chi connectivity index (χ0) is 18.2. The normalized spacial score (nSPS) is 25.7. The van der Waals surface area contributed by atoms with E-state index in [9.17, 15) is 22.4 Å². The number of hydrogen-bond acceptors (Lipinski definition) is 2. The largest absolute Gasteiger partial charge is 0.416 e. The number of amides is 1. The number of carbonyl (C=O) groups is 1. The Labute approximate surface area is 143 Å². The lowest BCUT2D eigenvalue weighted by Gasteiger charge is -2.36. The highest BCUT2D eigenvalue weighted by Crippen LogP contribution is 2.50. The molecule has 25 heavy (non-hydrogen) atoms. The van der Waals surface area contributed by atoms with Gasteiger partial charge in [0.05, 0.1) is 23.6 Å². The first-order valence-corrected chi connectivity index (χ1v) is 8.37. The number of piperidine rings is 1. The molecule has 1 aliphatic heterocycles. The molecular formula is C18H21F4NO2. The van der Waals surface area contributed by atoms with Crippen molar-refractivity contribution in [2.24, 2.45) is 5.41 Å². The Morgan fingerprint density at radius 1 is 1.28 bits per heavy atom. The molecule has 2 atom stereocenters. The average molecular weight is 359 g/mol. The molecule has 0 aromatic heterocycles. The Balaban J connectivity index is 1.65. The minimum atomic E-state index is -4.37. The van der Waals surface area contributed by atoms with Gasteiger partial charge in [0.2, 0.25) is 5.91 Å². The fourth-order valence-corrected chi connectivity index (χ4v) is 3.49. The van der Waals surface area contributed by atoms with E-state index in [1.807, 2.05) is 0 Å². The molecule has 0 unspecified atom stereocenters. The second-order valence-corrected chi connectivity index (χ2v) is 6.98. The van der Waals surface area contributed by atoms with Crippen LogP contribution in [0.1, 0.15) is 30.4 Å². The molecule has 3 rings (SSSR count). The van der Waals surface area contributed by atoms with E-state index < -0.39 is 29.4 Å². The van der Waals surface area contributed by atoms with Crippen molar-refractivity contribution in [2.45, 2.75) is 44.1 Å². The molecular weight excluding hydrogens is 338 g/mol. The molecule has 0 N–H and O–H groups in total. The van der Waals surface area contributed by atoms with Crippen LogP contribution in [0.4, 0.5) is 17.6 Å². The molecule has 7 heteroatoms. The van der Waals surface area contributed by atoms with Gasteiger partial charge in [-0.2, -0.15) is 13.2 Å². The lowest BCUT2D eigenvalue weighted by molar-refractivity contribution is -0.142. The molecule has 1 aromatic carbocycles. The molecule has 2 aliphatic rings. The van der Waals surface area contributed by atoms with Crippen LogP contribution in [0.15, 0.2) is 24.3 Å². The number of hydrogen-bond donors (Lipinski definition) is 0. The highest BCUT2D eigenvalue weighted by atomic mass is 19.4. The number of likely N-dealkylation sites (tertiary alicyclic amines) is 1. The number of benzene rings is 1. The fourth-order valence-electron chi connectivity index (χ4n) is 3.49. The third kappa shape index (κ3) is 3.81. The van der Waals surface area contributed by atoms with Gasteiger partial charge in [-0.15, -0.1) is 0 Å². The van der Waals surface area contributed by atoms with Gasteiger partial charge in [-0.1, -0.05) is 12.1 Å². The molecule has 2 fully saturated rings. The van der Waals surface area contributed by atoms with Crippen LogP contribution in [0, 0.1) is 5.41 Å². The molecule has 0 radical (unpaired) electrons. The number of rotatable bonds is 4. The number of alkyl halides is 4. The number of carbonyl (C=O) groups excluding carboxylic acids is 1. The minimum Gasteiger partial charge on any atom is -0.378 e. The van der Waals surface area contributed by atoms with E-state index in [1.165, 1.54) is 24.1 Å². The Morgan fingerprint density at radius 3 is 2.40 bits per heavy atom. The molecule has 1 aliphatic carbocycles. The average Bonchev–Trinajstić information content (AvgIpc) is 3.34. The SMILES string of the molecule is CO[C@@H]1CCN(C(=O)C2(Cc3ccc(C(F)(F)F)cc3)CC2)C[C@@H]1F. The van der Waals surface area contributed by atoms with Crippen molar-refractivity contribution < 1.29 is 27.1 Å². The predicted octanol–water partition coefficient (Wildman–Crippen LogP) is 3.61. The summed E-state index contributed by atoms with van der Waals surface area (Å²) in [6, 6.07) is 4.92. The van der Waals surface area contributed by atoms with Crippen molar-refractivity contribution in [1.29, 1.82) is 0 Å². The zero-order valence-electron chi connectivity index (χ0n) is 14.0. The molecule has 1 heterocycles. The lowest BCUT2D eigenvalue weighted by Crippen LogP contribution is -2.50. The maximum Gasteiger partial charge on any atom is 0.416 e. The van der Waals surface area contributed by atoms with Gasteiger partial charge < -0.3 is 9.64 Å². The Hall–Kier alpha value is -1.63. The summed E-state index contributed by atoms with van der Waals surface area (Å²) in [5, 5.41) is 0. The minimum absolute atomic E-state index is 0.0199. The van der Waals surface area contributed by atoms with Crippen LogP contribution in [0.3, 0.4) is 0 Å². The summed E-state index contributed by atoms with van der Waals surface area (Å²) in [5.74, 6) is -0.0930. The van der Waals surface area contributed by atoms with Gasteiger partial charge in [0.1, 0.15) is 6.17 Å². The van der Waals surface area contributed by atoms with Crippen LogP contribution in [0.2, 0.25) is 0 Å². The van der Waals surface area contributed by atoms with Crippen molar-refractivity contribution in [3.05, 3.63) is 35.4 Å². The smallest absolute Gasteiger partial charge is 0.378 e. The maximum atomic E-state index is 14.0. The van der Waals surface area contributed by atoms with Gasteiger partial charge in [-0.25, -0.2) is 4.39 Å². The lowest BCUT2D eigenvalue weighted by atomic mass is 9.93. The standard InChI is InChI=1S/C18H21F4NO2/c1-25-15-6-9-23(11-14(15)19)16(24)17(7-8-17)10-12-2-4-13(5-3-12)18(20,21)22/h2-5,14-15H,6-11H2,1H3/t14-,15+/m0/s1. The monoisotopic (exact) mass is 359 g/mol. The van der Waals surface area contributed by atoms with E-state index in [0.29, 0.717) is 37.8 Å². The van der Waals surface area contributed by atoms with E-state index >= 15 is 0 Å². The molecule has 1 saturated heterocycles. The summed E-state index contributed by atoms with van der Waals surface area (Å²) in [6.45, 7) is 0.471. The van der Waals surface area contributed by atoms with Gasteiger partial charge in [-0.05, 0) is 43.4 Å². The first-order chi connectivity index (χ1) is 11.7. The molecule has 1 amide bonds. The third-order valence-corrected chi connectivity index (χ3v) is 5.20. The molecule has 3 nitrogen and oxygen atoms in total. The molecule has 1 saturated carbocycles. The second-order valence-electron chi connectivity index (χ2n) is 6.98. The Morgan fingerprint density at radius 2 is 1.92 bits per heavy atom. The number of halogens is 4. The summed E-state index contributed by atoms with van der Waals surface area (Å²) in [6.07, 6.45) is -3.82. The van der Waals surface area contributed by atoms with Gasteiger partial charge in [0.25, 0.3) is 0 Å². The Bertz CT molecular complexity index is 625. The second kappa shape index (κ2) is 6.59. The quantitative estimate of drug-likeness (QED) is 0.769. The summed E-state index contributed by atoms with van der Waals surface area (Å²) in [7, 11) is 1.46. The van der Waals surface area contributed by atoms with Crippen molar-refractivity contribution in [3.63, 3.8) is 0 Å². The summed E-state index contributed by atoms with van der Waals surface area (Å²) in [4.78, 5) is 14.3. The topological polar surface area (TPSA) is 29.5 Å². The van der Waals surface area contributed by atoms with Crippen LogP contribution in [-0.4, -0.2) is 43.3 Å². The third-order valence-electron chi connectivity index (χ3n) is 5.20. The summed E-state index contributed by atoms with van der Waals surface area (Å²) >= 11 is 0. The molecule has 138 valence electrons.